The summed E-state index contributed by atoms with van der Waals surface area (Å²) in [6.45, 7) is 1.54. The monoisotopic (exact) mass is 384 g/mol. The SMILES string of the molecule is COc1ccccc1N(C(C)=O)c1nc(CSCc2ccccc2)cs1. The van der Waals surface area contributed by atoms with Crippen molar-refractivity contribution in [1.29, 1.82) is 0 Å². The number of methoxy groups -OCH3 is 1. The minimum atomic E-state index is -0.0904. The fraction of sp³-hybridized carbons (Fsp3) is 0.200. The quantitative estimate of drug-likeness (QED) is 0.556. The minimum absolute atomic E-state index is 0.0904. The van der Waals surface area contributed by atoms with Gasteiger partial charge in [0.25, 0.3) is 0 Å². The molecule has 0 fully saturated rings. The number of aromatic nitrogens is 1. The molecule has 26 heavy (non-hydrogen) atoms. The summed E-state index contributed by atoms with van der Waals surface area (Å²) < 4.78 is 5.40. The molecule has 3 aromatic rings. The van der Waals surface area contributed by atoms with Crippen LogP contribution in [0.1, 0.15) is 18.2 Å². The summed E-state index contributed by atoms with van der Waals surface area (Å²) in [4.78, 5) is 18.5. The molecular weight excluding hydrogens is 364 g/mol. The van der Waals surface area contributed by atoms with Crippen LogP contribution >= 0.6 is 23.1 Å². The molecule has 0 N–H and O–H groups in total. The first-order chi connectivity index (χ1) is 12.7. The van der Waals surface area contributed by atoms with Gasteiger partial charge in [0.05, 0.1) is 18.5 Å². The Bertz CT molecular complexity index is 865. The Kier molecular flexibility index (Phi) is 6.30. The number of carbonyl (C=O) groups is 1. The number of hydrogen-bond donors (Lipinski definition) is 0. The Balaban J connectivity index is 1.73. The number of amides is 1. The number of carbonyl (C=O) groups excluding carboxylic acids is 1. The molecule has 0 radical (unpaired) electrons. The molecule has 0 saturated heterocycles. The van der Waals surface area contributed by atoms with E-state index in [1.807, 2.05) is 47.5 Å². The van der Waals surface area contributed by atoms with Crippen molar-refractivity contribution in [2.24, 2.45) is 0 Å². The zero-order valence-electron chi connectivity index (χ0n) is 14.7. The number of anilines is 2. The Morgan fingerprint density at radius 2 is 1.85 bits per heavy atom. The summed E-state index contributed by atoms with van der Waals surface area (Å²) in [5, 5.41) is 2.68. The molecule has 4 nitrogen and oxygen atoms in total. The maximum atomic E-state index is 12.3. The first-order valence-corrected chi connectivity index (χ1v) is 10.2. The van der Waals surface area contributed by atoms with Crippen molar-refractivity contribution in [2.75, 3.05) is 12.0 Å². The van der Waals surface area contributed by atoms with E-state index in [0.717, 1.165) is 17.2 Å². The molecule has 1 heterocycles. The standard InChI is InChI=1S/C20H20N2O2S2/c1-15(23)22(18-10-6-7-11-19(18)24-2)20-21-17(14-26-20)13-25-12-16-8-4-3-5-9-16/h3-11,14H,12-13H2,1-2H3. The molecule has 1 amide bonds. The maximum absolute atomic E-state index is 12.3. The lowest BCUT2D eigenvalue weighted by Gasteiger charge is -2.20. The number of nitrogens with zero attached hydrogens (tertiary/aromatic N) is 2. The van der Waals surface area contributed by atoms with Gasteiger partial charge in [-0.15, -0.1) is 11.3 Å². The van der Waals surface area contributed by atoms with Gasteiger partial charge in [0.15, 0.2) is 5.13 Å². The molecule has 1 aromatic heterocycles. The van der Waals surface area contributed by atoms with Crippen molar-refractivity contribution in [3.05, 3.63) is 71.2 Å². The first-order valence-electron chi connectivity index (χ1n) is 8.19. The van der Waals surface area contributed by atoms with E-state index in [0.29, 0.717) is 16.6 Å². The average molecular weight is 385 g/mol. The molecule has 6 heteroatoms. The number of hydrogen-bond acceptors (Lipinski definition) is 5. The number of rotatable bonds is 7. The van der Waals surface area contributed by atoms with Gasteiger partial charge in [-0.2, -0.15) is 11.8 Å². The Morgan fingerprint density at radius 1 is 1.12 bits per heavy atom. The number of benzene rings is 2. The van der Waals surface area contributed by atoms with Crippen molar-refractivity contribution in [3.8, 4) is 5.75 Å². The van der Waals surface area contributed by atoms with Gasteiger partial charge in [-0.25, -0.2) is 4.98 Å². The summed E-state index contributed by atoms with van der Waals surface area (Å²) in [6, 6.07) is 17.9. The predicted octanol–water partition coefficient (Wildman–Crippen LogP) is 5.27. The average Bonchev–Trinajstić information content (AvgIpc) is 3.11. The van der Waals surface area contributed by atoms with Crippen LogP contribution in [0.3, 0.4) is 0 Å². The summed E-state index contributed by atoms with van der Waals surface area (Å²) in [6.07, 6.45) is 0. The third-order valence-corrected chi connectivity index (χ3v) is 5.65. The van der Waals surface area contributed by atoms with Crippen LogP contribution in [0.15, 0.2) is 60.0 Å². The van der Waals surface area contributed by atoms with E-state index < -0.39 is 0 Å². The van der Waals surface area contributed by atoms with Crippen LogP contribution in [0.25, 0.3) is 0 Å². The van der Waals surface area contributed by atoms with Gasteiger partial charge in [-0.05, 0) is 17.7 Å². The Morgan fingerprint density at radius 3 is 2.58 bits per heavy atom. The molecule has 0 aliphatic rings. The molecule has 0 spiro atoms. The highest BCUT2D eigenvalue weighted by Gasteiger charge is 2.21. The van der Waals surface area contributed by atoms with E-state index in [-0.39, 0.29) is 5.91 Å². The second-order valence-corrected chi connectivity index (χ2v) is 7.45. The van der Waals surface area contributed by atoms with Crippen molar-refractivity contribution in [3.63, 3.8) is 0 Å². The Hall–Kier alpha value is -2.31. The van der Waals surface area contributed by atoms with Crippen LogP contribution in [-0.2, 0) is 16.3 Å². The van der Waals surface area contributed by atoms with Crippen LogP contribution in [-0.4, -0.2) is 18.0 Å². The smallest absolute Gasteiger partial charge is 0.230 e. The van der Waals surface area contributed by atoms with Gasteiger partial charge in [0, 0.05) is 23.8 Å². The van der Waals surface area contributed by atoms with Crippen LogP contribution in [0, 0.1) is 0 Å². The predicted molar refractivity (Wildman–Crippen MR) is 109 cm³/mol. The number of ether oxygens (including phenoxy) is 1. The second kappa shape index (κ2) is 8.87. The summed E-state index contributed by atoms with van der Waals surface area (Å²) in [5.41, 5.74) is 2.99. The third kappa shape index (κ3) is 4.45. The molecule has 0 aliphatic heterocycles. The molecule has 0 atom stereocenters. The fourth-order valence-corrected chi connectivity index (χ4v) is 4.41. The number of para-hydroxylation sites is 2. The zero-order chi connectivity index (χ0) is 18.4. The van der Waals surface area contributed by atoms with Gasteiger partial charge in [-0.3, -0.25) is 9.69 Å². The highest BCUT2D eigenvalue weighted by Crippen LogP contribution is 2.35. The van der Waals surface area contributed by atoms with Gasteiger partial charge in [0.2, 0.25) is 5.91 Å². The van der Waals surface area contributed by atoms with E-state index in [4.69, 9.17) is 4.74 Å². The van der Waals surface area contributed by atoms with Gasteiger partial charge in [-0.1, -0.05) is 42.5 Å². The fourth-order valence-electron chi connectivity index (χ4n) is 2.53. The molecule has 3 rings (SSSR count). The first kappa shape index (κ1) is 18.5. The van der Waals surface area contributed by atoms with Gasteiger partial charge in [0.1, 0.15) is 5.75 Å². The highest BCUT2D eigenvalue weighted by molar-refractivity contribution is 7.97. The summed E-state index contributed by atoms with van der Waals surface area (Å²) in [7, 11) is 1.60. The highest BCUT2D eigenvalue weighted by atomic mass is 32.2. The van der Waals surface area contributed by atoms with E-state index in [2.05, 4.69) is 29.2 Å². The molecule has 134 valence electrons. The van der Waals surface area contributed by atoms with Crippen molar-refractivity contribution in [1.82, 2.24) is 4.98 Å². The topological polar surface area (TPSA) is 42.4 Å². The third-order valence-electron chi connectivity index (χ3n) is 3.73. The molecule has 2 aromatic carbocycles. The molecule has 0 unspecified atom stereocenters. The van der Waals surface area contributed by atoms with Gasteiger partial charge < -0.3 is 4.74 Å². The van der Waals surface area contributed by atoms with E-state index in [1.165, 1.54) is 23.8 Å². The van der Waals surface area contributed by atoms with Gasteiger partial charge >= 0.3 is 0 Å². The van der Waals surface area contributed by atoms with Crippen LogP contribution < -0.4 is 9.64 Å². The number of thiazole rings is 1. The molecular formula is C20H20N2O2S2. The summed E-state index contributed by atoms with van der Waals surface area (Å²) in [5.74, 6) is 2.31. The van der Waals surface area contributed by atoms with Crippen LogP contribution in [0.4, 0.5) is 10.8 Å². The van der Waals surface area contributed by atoms with E-state index in [1.54, 1.807) is 12.0 Å². The minimum Gasteiger partial charge on any atom is -0.495 e. The maximum Gasteiger partial charge on any atom is 0.230 e. The summed E-state index contributed by atoms with van der Waals surface area (Å²) >= 11 is 3.28. The van der Waals surface area contributed by atoms with E-state index >= 15 is 0 Å². The normalized spacial score (nSPS) is 10.5. The molecule has 0 aliphatic carbocycles. The lowest BCUT2D eigenvalue weighted by molar-refractivity contribution is -0.115. The molecule has 0 bridgehead atoms. The van der Waals surface area contributed by atoms with Crippen LogP contribution in [0.2, 0.25) is 0 Å². The van der Waals surface area contributed by atoms with E-state index in [9.17, 15) is 4.79 Å². The zero-order valence-corrected chi connectivity index (χ0v) is 16.3. The number of thioether (sulfide) groups is 1. The largest absolute Gasteiger partial charge is 0.495 e. The van der Waals surface area contributed by atoms with Crippen LogP contribution in [0.5, 0.6) is 5.75 Å². The van der Waals surface area contributed by atoms with Crippen molar-refractivity contribution in [2.45, 2.75) is 18.4 Å². The lowest BCUT2D eigenvalue weighted by atomic mass is 10.2. The second-order valence-electron chi connectivity index (χ2n) is 5.63. The van der Waals surface area contributed by atoms with Crippen molar-refractivity contribution >= 4 is 39.8 Å². The Labute approximate surface area is 161 Å². The lowest BCUT2D eigenvalue weighted by Crippen LogP contribution is -2.23. The van der Waals surface area contributed by atoms with Crippen molar-refractivity contribution < 1.29 is 9.53 Å². The molecule has 0 saturated carbocycles.